The van der Waals surface area contributed by atoms with Crippen LogP contribution in [0.5, 0.6) is 0 Å². The minimum atomic E-state index is -0.556. The second-order valence-electron chi connectivity index (χ2n) is 4.50. The van der Waals surface area contributed by atoms with Gasteiger partial charge >= 0.3 is 11.9 Å². The number of rotatable bonds is 6. The van der Waals surface area contributed by atoms with Crippen molar-refractivity contribution in [2.45, 2.75) is 20.4 Å². The smallest absolute Gasteiger partial charge is 0.358 e. The molecule has 0 aliphatic heterocycles. The van der Waals surface area contributed by atoms with Gasteiger partial charge in [-0.3, -0.25) is 4.68 Å². The van der Waals surface area contributed by atoms with Gasteiger partial charge < -0.3 is 9.47 Å². The van der Waals surface area contributed by atoms with Crippen LogP contribution < -0.4 is 0 Å². The molecule has 0 atom stereocenters. The monoisotopic (exact) mass is 302 g/mol. The number of nitrogens with zero attached hydrogens (tertiary/aromatic N) is 2. The van der Waals surface area contributed by atoms with Crippen molar-refractivity contribution in [2.24, 2.45) is 0 Å². The maximum Gasteiger partial charge on any atom is 0.358 e. The first-order chi connectivity index (χ1) is 10.7. The van der Waals surface area contributed by atoms with Gasteiger partial charge in [-0.2, -0.15) is 5.10 Å². The van der Waals surface area contributed by atoms with Crippen molar-refractivity contribution >= 4 is 11.9 Å². The average Bonchev–Trinajstić information content (AvgIpc) is 2.93. The van der Waals surface area contributed by atoms with Gasteiger partial charge in [-0.1, -0.05) is 30.3 Å². The van der Waals surface area contributed by atoms with Gasteiger partial charge in [0.05, 0.1) is 19.8 Å². The first-order valence-electron chi connectivity index (χ1n) is 7.11. The van der Waals surface area contributed by atoms with Crippen LogP contribution in [-0.2, 0) is 16.0 Å². The van der Waals surface area contributed by atoms with Crippen molar-refractivity contribution in [3.05, 3.63) is 53.3 Å². The molecule has 0 amide bonds. The van der Waals surface area contributed by atoms with Gasteiger partial charge in [0, 0.05) is 6.07 Å². The summed E-state index contributed by atoms with van der Waals surface area (Å²) in [6.07, 6.45) is 0. The predicted molar refractivity (Wildman–Crippen MR) is 79.7 cm³/mol. The molecule has 0 N–H and O–H groups in total. The molecule has 116 valence electrons. The third-order valence-electron chi connectivity index (χ3n) is 2.92. The van der Waals surface area contributed by atoms with E-state index in [1.807, 2.05) is 30.3 Å². The summed E-state index contributed by atoms with van der Waals surface area (Å²) in [6.45, 7) is 4.31. The quantitative estimate of drug-likeness (QED) is 0.766. The van der Waals surface area contributed by atoms with Gasteiger partial charge in [-0.25, -0.2) is 9.59 Å². The Morgan fingerprint density at radius 2 is 1.68 bits per heavy atom. The van der Waals surface area contributed by atoms with Crippen LogP contribution in [0.4, 0.5) is 0 Å². The maximum atomic E-state index is 12.0. The van der Waals surface area contributed by atoms with Crippen LogP contribution in [0, 0.1) is 0 Å². The highest BCUT2D eigenvalue weighted by Gasteiger charge is 2.21. The molecule has 22 heavy (non-hydrogen) atoms. The lowest BCUT2D eigenvalue weighted by Gasteiger charge is -2.06. The zero-order valence-corrected chi connectivity index (χ0v) is 12.6. The summed E-state index contributed by atoms with van der Waals surface area (Å²) in [5.41, 5.74) is 1.29. The summed E-state index contributed by atoms with van der Waals surface area (Å²) in [6, 6.07) is 10.9. The first kappa shape index (κ1) is 15.8. The van der Waals surface area contributed by atoms with Crippen LogP contribution >= 0.6 is 0 Å². The number of carbonyl (C=O) groups excluding carboxylic acids is 2. The lowest BCUT2D eigenvalue weighted by molar-refractivity contribution is 0.0506. The van der Waals surface area contributed by atoms with Crippen molar-refractivity contribution in [1.82, 2.24) is 9.78 Å². The molecule has 0 aliphatic carbocycles. The molecule has 2 aromatic rings. The van der Waals surface area contributed by atoms with E-state index < -0.39 is 11.9 Å². The van der Waals surface area contributed by atoms with Crippen molar-refractivity contribution < 1.29 is 19.1 Å². The Labute approximate surface area is 128 Å². The van der Waals surface area contributed by atoms with E-state index in [1.54, 1.807) is 13.8 Å². The Bertz CT molecular complexity index is 649. The van der Waals surface area contributed by atoms with E-state index in [2.05, 4.69) is 5.10 Å². The fourth-order valence-electron chi connectivity index (χ4n) is 1.97. The molecule has 1 heterocycles. The highest BCUT2D eigenvalue weighted by atomic mass is 16.5. The van der Waals surface area contributed by atoms with Crippen LogP contribution in [0.25, 0.3) is 0 Å². The first-order valence-corrected chi connectivity index (χ1v) is 7.11. The molecule has 0 saturated carbocycles. The molecule has 0 spiro atoms. The lowest BCUT2D eigenvalue weighted by atomic mass is 10.2. The minimum Gasteiger partial charge on any atom is -0.461 e. The molecule has 0 unspecified atom stereocenters. The van der Waals surface area contributed by atoms with E-state index in [0.717, 1.165) is 5.56 Å². The van der Waals surface area contributed by atoms with E-state index >= 15 is 0 Å². The fourth-order valence-corrected chi connectivity index (χ4v) is 1.97. The van der Waals surface area contributed by atoms with E-state index in [1.165, 1.54) is 10.7 Å². The standard InChI is InChI=1S/C16H18N2O4/c1-3-21-15(19)13-10-14(16(20)22-4-2)18(17-13)11-12-8-6-5-7-9-12/h5-10H,3-4,11H2,1-2H3. The number of hydrogen-bond donors (Lipinski definition) is 0. The van der Waals surface area contributed by atoms with Crippen LogP contribution in [-0.4, -0.2) is 34.9 Å². The molecule has 0 saturated heterocycles. The van der Waals surface area contributed by atoms with Crippen molar-refractivity contribution in [2.75, 3.05) is 13.2 Å². The Balaban J connectivity index is 2.32. The normalized spacial score (nSPS) is 10.3. The molecular formula is C16H18N2O4. The lowest BCUT2D eigenvalue weighted by Crippen LogP contribution is -2.14. The Hall–Kier alpha value is -2.63. The second-order valence-corrected chi connectivity index (χ2v) is 4.50. The molecule has 6 nitrogen and oxygen atoms in total. The molecule has 6 heteroatoms. The van der Waals surface area contributed by atoms with Crippen LogP contribution in [0.2, 0.25) is 0 Å². The molecule has 0 fully saturated rings. The van der Waals surface area contributed by atoms with Gasteiger partial charge in [-0.05, 0) is 19.4 Å². The second kappa shape index (κ2) is 7.40. The Morgan fingerprint density at radius 3 is 2.32 bits per heavy atom. The topological polar surface area (TPSA) is 70.4 Å². The maximum absolute atomic E-state index is 12.0. The van der Waals surface area contributed by atoms with E-state index in [0.29, 0.717) is 6.54 Å². The van der Waals surface area contributed by atoms with E-state index in [4.69, 9.17) is 9.47 Å². The Morgan fingerprint density at radius 1 is 1.05 bits per heavy atom. The number of ether oxygens (including phenoxy) is 2. The van der Waals surface area contributed by atoms with Crippen LogP contribution in [0.15, 0.2) is 36.4 Å². The minimum absolute atomic E-state index is 0.0980. The summed E-state index contributed by atoms with van der Waals surface area (Å²) < 4.78 is 11.4. The van der Waals surface area contributed by atoms with E-state index in [9.17, 15) is 9.59 Å². The summed E-state index contributed by atoms with van der Waals surface area (Å²) >= 11 is 0. The fraction of sp³-hybridized carbons (Fsp3) is 0.312. The molecule has 0 aliphatic rings. The van der Waals surface area contributed by atoms with Gasteiger partial charge in [-0.15, -0.1) is 0 Å². The zero-order chi connectivity index (χ0) is 15.9. The molecular weight excluding hydrogens is 284 g/mol. The molecule has 1 aromatic carbocycles. The average molecular weight is 302 g/mol. The number of esters is 2. The number of aromatic nitrogens is 2. The highest BCUT2D eigenvalue weighted by molar-refractivity contribution is 5.93. The predicted octanol–water partition coefficient (Wildman–Crippen LogP) is 2.28. The summed E-state index contributed by atoms with van der Waals surface area (Å²) in [5.74, 6) is -1.07. The molecule has 1 aromatic heterocycles. The van der Waals surface area contributed by atoms with Gasteiger partial charge in [0.1, 0.15) is 5.69 Å². The van der Waals surface area contributed by atoms with E-state index in [-0.39, 0.29) is 24.6 Å². The number of carbonyl (C=O) groups is 2. The zero-order valence-electron chi connectivity index (χ0n) is 12.6. The molecule has 0 radical (unpaired) electrons. The van der Waals surface area contributed by atoms with Crippen LogP contribution in [0.1, 0.15) is 40.4 Å². The number of benzene rings is 1. The van der Waals surface area contributed by atoms with Crippen molar-refractivity contribution in [3.63, 3.8) is 0 Å². The van der Waals surface area contributed by atoms with Gasteiger partial charge in [0.2, 0.25) is 0 Å². The van der Waals surface area contributed by atoms with Crippen molar-refractivity contribution in [1.29, 1.82) is 0 Å². The van der Waals surface area contributed by atoms with Crippen molar-refractivity contribution in [3.8, 4) is 0 Å². The largest absolute Gasteiger partial charge is 0.461 e. The molecule has 0 bridgehead atoms. The summed E-state index contributed by atoms with van der Waals surface area (Å²) in [5, 5.41) is 4.17. The van der Waals surface area contributed by atoms with Gasteiger partial charge in [0.15, 0.2) is 5.69 Å². The SMILES string of the molecule is CCOC(=O)c1cc(C(=O)OCC)n(Cc2ccccc2)n1. The Kier molecular flexibility index (Phi) is 5.30. The highest BCUT2D eigenvalue weighted by Crippen LogP contribution is 2.11. The molecule has 2 rings (SSSR count). The third kappa shape index (κ3) is 3.72. The van der Waals surface area contributed by atoms with Crippen LogP contribution in [0.3, 0.4) is 0 Å². The van der Waals surface area contributed by atoms with Gasteiger partial charge in [0.25, 0.3) is 0 Å². The summed E-state index contributed by atoms with van der Waals surface area (Å²) in [4.78, 5) is 23.8. The summed E-state index contributed by atoms with van der Waals surface area (Å²) in [7, 11) is 0. The third-order valence-corrected chi connectivity index (χ3v) is 2.92. The number of hydrogen-bond acceptors (Lipinski definition) is 5.